The summed E-state index contributed by atoms with van der Waals surface area (Å²) < 4.78 is 32.1. The van der Waals surface area contributed by atoms with E-state index < -0.39 is 10.1 Å². The van der Waals surface area contributed by atoms with E-state index in [1.807, 2.05) is 6.08 Å². The standard InChI is InChI=1S/C19H34O3S/c1-13(2)11-19(7,12-16(6)14(3)4)18-9-8-17(10-15(18)5)23(20,21)22/h8-9,13-16H,10-12H2,1-7H3,(H,20,21,22). The number of rotatable bonds is 7. The predicted molar refractivity (Wildman–Crippen MR) is 97.7 cm³/mol. The normalized spacial score (nSPS) is 23.5. The zero-order valence-electron chi connectivity index (χ0n) is 15.8. The molecule has 0 saturated heterocycles. The number of hydrogen-bond donors (Lipinski definition) is 1. The molecule has 0 saturated carbocycles. The summed E-state index contributed by atoms with van der Waals surface area (Å²) in [6.45, 7) is 15.7. The molecule has 0 aromatic rings. The fourth-order valence-corrected chi connectivity index (χ4v) is 4.68. The maximum Gasteiger partial charge on any atom is 0.290 e. The third kappa shape index (κ3) is 5.46. The Morgan fingerprint density at radius 2 is 1.74 bits per heavy atom. The summed E-state index contributed by atoms with van der Waals surface area (Å²) in [6.07, 6.45) is 6.15. The van der Waals surface area contributed by atoms with Gasteiger partial charge in [0, 0.05) is 0 Å². The van der Waals surface area contributed by atoms with E-state index in [0.717, 1.165) is 12.8 Å². The number of hydrogen-bond acceptors (Lipinski definition) is 2. The zero-order chi connectivity index (χ0) is 18.0. The largest absolute Gasteiger partial charge is 0.290 e. The lowest BCUT2D eigenvalue weighted by Crippen LogP contribution is -2.30. The highest BCUT2D eigenvalue weighted by Gasteiger charge is 2.36. The van der Waals surface area contributed by atoms with Crippen LogP contribution in [0.5, 0.6) is 0 Å². The molecule has 0 fully saturated rings. The molecule has 3 unspecified atom stereocenters. The van der Waals surface area contributed by atoms with E-state index >= 15 is 0 Å². The van der Waals surface area contributed by atoms with Crippen LogP contribution in [0.3, 0.4) is 0 Å². The Hall–Kier alpha value is -0.610. The van der Waals surface area contributed by atoms with E-state index in [0.29, 0.717) is 24.2 Å². The summed E-state index contributed by atoms with van der Waals surface area (Å²) in [6, 6.07) is 0. The summed E-state index contributed by atoms with van der Waals surface area (Å²) in [5, 5.41) is 0. The van der Waals surface area contributed by atoms with Crippen LogP contribution in [0.2, 0.25) is 0 Å². The van der Waals surface area contributed by atoms with E-state index in [2.05, 4.69) is 48.5 Å². The van der Waals surface area contributed by atoms with Crippen LogP contribution in [0.4, 0.5) is 0 Å². The van der Waals surface area contributed by atoms with Gasteiger partial charge in [-0.3, -0.25) is 4.55 Å². The molecule has 0 bridgehead atoms. The van der Waals surface area contributed by atoms with Crippen LogP contribution >= 0.6 is 0 Å². The Kier molecular flexibility index (Phi) is 6.68. The summed E-state index contributed by atoms with van der Waals surface area (Å²) in [4.78, 5) is 0.137. The van der Waals surface area contributed by atoms with Crippen molar-refractivity contribution in [1.29, 1.82) is 0 Å². The predicted octanol–water partition coefficient (Wildman–Crippen LogP) is 5.46. The quantitative estimate of drug-likeness (QED) is 0.625. The van der Waals surface area contributed by atoms with Gasteiger partial charge >= 0.3 is 0 Å². The Morgan fingerprint density at radius 1 is 1.17 bits per heavy atom. The van der Waals surface area contributed by atoms with Crippen LogP contribution in [0.25, 0.3) is 0 Å². The molecule has 0 amide bonds. The van der Waals surface area contributed by atoms with E-state index in [1.54, 1.807) is 6.08 Å². The Balaban J connectivity index is 3.21. The number of allylic oxidation sites excluding steroid dienone is 4. The molecule has 4 heteroatoms. The summed E-state index contributed by atoms with van der Waals surface area (Å²) in [5.74, 6) is 1.96. The molecular weight excluding hydrogens is 308 g/mol. The molecule has 23 heavy (non-hydrogen) atoms. The minimum Gasteiger partial charge on any atom is -0.282 e. The van der Waals surface area contributed by atoms with Gasteiger partial charge in [0.15, 0.2) is 0 Å². The SMILES string of the molecule is CC(C)CC(C)(CC(C)C(C)C)C1=CC=C(S(=O)(=O)O)CC1C. The maximum absolute atomic E-state index is 11.4. The molecule has 0 aromatic heterocycles. The minimum absolute atomic E-state index is 0.0680. The van der Waals surface area contributed by atoms with Crippen LogP contribution in [0.1, 0.15) is 67.7 Å². The third-order valence-corrected chi connectivity index (χ3v) is 6.25. The van der Waals surface area contributed by atoms with Gasteiger partial charge in [-0.25, -0.2) is 0 Å². The highest BCUT2D eigenvalue weighted by molar-refractivity contribution is 7.89. The van der Waals surface area contributed by atoms with Crippen molar-refractivity contribution in [1.82, 2.24) is 0 Å². The first kappa shape index (κ1) is 20.4. The zero-order valence-corrected chi connectivity index (χ0v) is 16.6. The van der Waals surface area contributed by atoms with E-state index in [9.17, 15) is 13.0 Å². The van der Waals surface area contributed by atoms with Gasteiger partial charge in [0.25, 0.3) is 10.1 Å². The molecule has 1 N–H and O–H groups in total. The van der Waals surface area contributed by atoms with Crippen molar-refractivity contribution in [3.8, 4) is 0 Å². The molecule has 0 aliphatic heterocycles. The van der Waals surface area contributed by atoms with Crippen molar-refractivity contribution in [2.24, 2.45) is 29.1 Å². The lowest BCUT2D eigenvalue weighted by Gasteiger charge is -2.41. The van der Waals surface area contributed by atoms with Gasteiger partial charge in [-0.1, -0.05) is 60.1 Å². The first-order chi connectivity index (χ1) is 10.4. The van der Waals surface area contributed by atoms with Crippen molar-refractivity contribution < 1.29 is 13.0 Å². The molecular formula is C19H34O3S. The Labute approximate surface area is 143 Å². The van der Waals surface area contributed by atoms with Crippen LogP contribution < -0.4 is 0 Å². The summed E-state index contributed by atoms with van der Waals surface area (Å²) in [7, 11) is -4.07. The first-order valence-electron chi connectivity index (χ1n) is 8.75. The van der Waals surface area contributed by atoms with Gasteiger partial charge in [0.2, 0.25) is 0 Å². The van der Waals surface area contributed by atoms with Gasteiger partial charge in [-0.05, 0) is 54.4 Å². The van der Waals surface area contributed by atoms with Crippen molar-refractivity contribution >= 4 is 10.1 Å². The second-order valence-corrected chi connectivity index (χ2v) is 9.89. The van der Waals surface area contributed by atoms with Crippen LogP contribution in [-0.4, -0.2) is 13.0 Å². The monoisotopic (exact) mass is 342 g/mol. The molecule has 0 spiro atoms. The van der Waals surface area contributed by atoms with E-state index in [-0.39, 0.29) is 16.2 Å². The second-order valence-electron chi connectivity index (χ2n) is 8.42. The topological polar surface area (TPSA) is 54.4 Å². The summed E-state index contributed by atoms with van der Waals surface area (Å²) in [5.41, 5.74) is 1.39. The van der Waals surface area contributed by atoms with Crippen molar-refractivity contribution in [3.63, 3.8) is 0 Å². The lowest BCUT2D eigenvalue weighted by atomic mass is 9.64. The van der Waals surface area contributed by atoms with E-state index in [4.69, 9.17) is 0 Å². The Bertz CT molecular complexity index is 569. The van der Waals surface area contributed by atoms with Crippen LogP contribution in [0, 0.1) is 29.1 Å². The van der Waals surface area contributed by atoms with Crippen LogP contribution in [-0.2, 0) is 10.1 Å². The molecule has 1 aliphatic rings. The van der Waals surface area contributed by atoms with Gasteiger partial charge in [-0.2, -0.15) is 8.42 Å². The fraction of sp³-hybridized carbons (Fsp3) is 0.789. The average molecular weight is 343 g/mol. The minimum atomic E-state index is -4.07. The van der Waals surface area contributed by atoms with Crippen molar-refractivity contribution in [2.75, 3.05) is 0 Å². The van der Waals surface area contributed by atoms with Crippen molar-refractivity contribution in [3.05, 3.63) is 22.6 Å². The van der Waals surface area contributed by atoms with Crippen molar-refractivity contribution in [2.45, 2.75) is 67.7 Å². The van der Waals surface area contributed by atoms with E-state index in [1.165, 1.54) is 5.57 Å². The molecule has 134 valence electrons. The highest BCUT2D eigenvalue weighted by Crippen LogP contribution is 2.47. The molecule has 0 aromatic carbocycles. The van der Waals surface area contributed by atoms with Crippen LogP contribution in [0.15, 0.2) is 22.6 Å². The molecule has 1 rings (SSSR count). The van der Waals surface area contributed by atoms with Gasteiger partial charge in [-0.15, -0.1) is 0 Å². The molecule has 3 nitrogen and oxygen atoms in total. The Morgan fingerprint density at radius 3 is 2.13 bits per heavy atom. The summed E-state index contributed by atoms with van der Waals surface area (Å²) >= 11 is 0. The van der Waals surface area contributed by atoms with Gasteiger partial charge in [0.1, 0.15) is 0 Å². The van der Waals surface area contributed by atoms with Gasteiger partial charge in [0.05, 0.1) is 4.91 Å². The molecule has 0 heterocycles. The second kappa shape index (κ2) is 7.52. The fourth-order valence-electron chi connectivity index (χ4n) is 3.98. The average Bonchev–Trinajstić information content (AvgIpc) is 2.35. The molecule has 3 atom stereocenters. The first-order valence-corrected chi connectivity index (χ1v) is 10.2. The third-order valence-electron chi connectivity index (χ3n) is 5.28. The highest BCUT2D eigenvalue weighted by atomic mass is 32.2. The lowest BCUT2D eigenvalue weighted by molar-refractivity contribution is 0.203. The molecule has 0 radical (unpaired) electrons. The maximum atomic E-state index is 11.4. The van der Waals surface area contributed by atoms with Gasteiger partial charge < -0.3 is 0 Å². The molecule has 1 aliphatic carbocycles. The smallest absolute Gasteiger partial charge is 0.282 e.